The van der Waals surface area contributed by atoms with Crippen LogP contribution in [0.2, 0.25) is 10.0 Å². The molecule has 134 valence electrons. The number of thioether (sulfide) groups is 1. The molecule has 0 saturated heterocycles. The first-order chi connectivity index (χ1) is 12.2. The van der Waals surface area contributed by atoms with Crippen molar-refractivity contribution in [1.82, 2.24) is 5.32 Å². The van der Waals surface area contributed by atoms with E-state index in [-0.39, 0.29) is 17.2 Å². The number of amides is 2. The first-order valence-electron chi connectivity index (χ1n) is 7.43. The molecule has 26 heavy (non-hydrogen) atoms. The molecule has 2 rings (SSSR count). The predicted molar refractivity (Wildman–Crippen MR) is 101 cm³/mol. The maximum atomic E-state index is 12.1. The minimum absolute atomic E-state index is 0.0334. The van der Waals surface area contributed by atoms with E-state index in [1.165, 1.54) is 6.07 Å². The first-order valence-corrected chi connectivity index (χ1v) is 9.18. The zero-order valence-electron chi connectivity index (χ0n) is 13.9. The van der Waals surface area contributed by atoms with Crippen molar-refractivity contribution in [3.05, 3.63) is 38.8 Å². The number of hydrogen-bond donors (Lipinski definition) is 2. The van der Waals surface area contributed by atoms with Crippen LogP contribution in [0.4, 0.5) is 5.69 Å². The molecule has 0 saturated carbocycles. The van der Waals surface area contributed by atoms with Crippen molar-refractivity contribution >= 4 is 52.5 Å². The van der Waals surface area contributed by atoms with Gasteiger partial charge in [0.15, 0.2) is 0 Å². The molecule has 1 heterocycles. The van der Waals surface area contributed by atoms with Crippen molar-refractivity contribution in [2.75, 3.05) is 11.1 Å². The van der Waals surface area contributed by atoms with E-state index >= 15 is 0 Å². The molecule has 2 N–H and O–H groups in total. The summed E-state index contributed by atoms with van der Waals surface area (Å²) >= 11 is 12.8. The molecule has 0 fully saturated rings. The average Bonchev–Trinajstić information content (AvgIpc) is 2.56. The molecule has 1 atom stereocenters. The van der Waals surface area contributed by atoms with Crippen LogP contribution in [0.1, 0.15) is 13.8 Å². The van der Waals surface area contributed by atoms with E-state index in [1.807, 2.05) is 12.1 Å². The highest BCUT2D eigenvalue weighted by molar-refractivity contribution is 8.03. The Morgan fingerprint density at radius 1 is 1.35 bits per heavy atom. The molecule has 1 aliphatic rings. The molecule has 0 unspecified atom stereocenters. The molecular formula is C17H14Cl2N4O2S. The number of carbonyl (C=O) groups is 2. The van der Waals surface area contributed by atoms with Crippen LogP contribution in [-0.2, 0) is 9.59 Å². The fourth-order valence-electron chi connectivity index (χ4n) is 2.44. The summed E-state index contributed by atoms with van der Waals surface area (Å²) in [6.07, 6.45) is 0. The monoisotopic (exact) mass is 408 g/mol. The maximum absolute atomic E-state index is 12.1. The summed E-state index contributed by atoms with van der Waals surface area (Å²) in [6.45, 7) is 3.32. The van der Waals surface area contributed by atoms with Crippen LogP contribution in [0.3, 0.4) is 0 Å². The van der Waals surface area contributed by atoms with Crippen LogP contribution in [0.5, 0.6) is 0 Å². The van der Waals surface area contributed by atoms with Crippen molar-refractivity contribution < 1.29 is 9.59 Å². The summed E-state index contributed by atoms with van der Waals surface area (Å²) in [5, 5.41) is 24.8. The fraction of sp³-hybridized carbons (Fsp3) is 0.294. The van der Waals surface area contributed by atoms with Gasteiger partial charge < -0.3 is 10.6 Å². The van der Waals surface area contributed by atoms with Gasteiger partial charge >= 0.3 is 0 Å². The molecular weight excluding hydrogens is 395 g/mol. The maximum Gasteiger partial charge on any atom is 0.243 e. The first kappa shape index (κ1) is 20.1. The molecule has 1 aliphatic heterocycles. The number of halogens is 2. The number of nitrogens with zero attached hydrogens (tertiary/aromatic N) is 2. The van der Waals surface area contributed by atoms with Crippen LogP contribution in [-0.4, -0.2) is 17.6 Å². The van der Waals surface area contributed by atoms with Gasteiger partial charge in [-0.25, -0.2) is 0 Å². The topological polar surface area (TPSA) is 106 Å². The minimum atomic E-state index is -0.966. The van der Waals surface area contributed by atoms with Crippen LogP contribution in [0.15, 0.2) is 28.8 Å². The second kappa shape index (κ2) is 8.01. The smallest absolute Gasteiger partial charge is 0.243 e. The van der Waals surface area contributed by atoms with Gasteiger partial charge in [-0.1, -0.05) is 48.8 Å². The van der Waals surface area contributed by atoms with Crippen molar-refractivity contribution in [2.45, 2.75) is 13.8 Å². The van der Waals surface area contributed by atoms with Gasteiger partial charge in [-0.2, -0.15) is 10.5 Å². The number of carbonyl (C=O) groups excluding carboxylic acids is 2. The highest BCUT2D eigenvalue weighted by Crippen LogP contribution is 2.41. The second-order valence-electron chi connectivity index (χ2n) is 6.05. The van der Waals surface area contributed by atoms with Crippen LogP contribution in [0.25, 0.3) is 0 Å². The van der Waals surface area contributed by atoms with E-state index in [2.05, 4.69) is 10.6 Å². The zero-order valence-corrected chi connectivity index (χ0v) is 16.2. The van der Waals surface area contributed by atoms with Gasteiger partial charge in [-0.05, 0) is 18.2 Å². The molecule has 6 nitrogen and oxygen atoms in total. The Balaban J connectivity index is 2.12. The van der Waals surface area contributed by atoms with E-state index in [4.69, 9.17) is 23.2 Å². The molecule has 0 spiro atoms. The molecule has 0 aliphatic carbocycles. The lowest BCUT2D eigenvalue weighted by atomic mass is 9.72. The lowest BCUT2D eigenvalue weighted by molar-refractivity contribution is -0.125. The van der Waals surface area contributed by atoms with Crippen LogP contribution in [0, 0.1) is 34.0 Å². The van der Waals surface area contributed by atoms with E-state index in [1.54, 1.807) is 26.0 Å². The zero-order chi connectivity index (χ0) is 19.5. The van der Waals surface area contributed by atoms with Crippen molar-refractivity contribution in [2.24, 2.45) is 11.3 Å². The van der Waals surface area contributed by atoms with E-state index in [0.717, 1.165) is 11.8 Å². The molecule has 9 heteroatoms. The Morgan fingerprint density at radius 3 is 2.62 bits per heavy atom. The normalized spacial score (nSPS) is 18.5. The van der Waals surface area contributed by atoms with Crippen LogP contribution < -0.4 is 10.6 Å². The standard InChI is InChI=1S/C17H14Cl2N4O2S/c1-17(2)10(6-20)15(25)23-16(11(17)7-21)26-8-14(24)22-9-3-4-12(18)13(19)5-9/h3-5,10H,8H2,1-2H3,(H,22,24)(H,23,25)/t10-/m0/s1. The summed E-state index contributed by atoms with van der Waals surface area (Å²) in [6, 6.07) is 8.67. The average molecular weight is 409 g/mol. The third kappa shape index (κ3) is 4.13. The minimum Gasteiger partial charge on any atom is -0.325 e. The summed E-state index contributed by atoms with van der Waals surface area (Å²) in [7, 11) is 0. The second-order valence-corrected chi connectivity index (χ2v) is 7.85. The number of allylic oxidation sites excluding steroid dienone is 1. The van der Waals surface area contributed by atoms with Gasteiger partial charge in [0.25, 0.3) is 0 Å². The molecule has 2 amide bonds. The molecule has 0 bridgehead atoms. The third-order valence-electron chi connectivity index (χ3n) is 3.88. The van der Waals surface area contributed by atoms with Gasteiger partial charge in [-0.3, -0.25) is 9.59 Å². The van der Waals surface area contributed by atoms with Gasteiger partial charge in [0.2, 0.25) is 11.8 Å². The van der Waals surface area contributed by atoms with Gasteiger partial charge in [0.1, 0.15) is 5.92 Å². The Labute approximate surface area is 165 Å². The summed E-state index contributed by atoms with van der Waals surface area (Å²) in [4.78, 5) is 24.2. The molecule has 1 aromatic rings. The number of nitrogens with one attached hydrogen (secondary N) is 2. The quantitative estimate of drug-likeness (QED) is 0.789. The number of rotatable bonds is 4. The Kier molecular flexibility index (Phi) is 6.20. The Bertz CT molecular complexity index is 884. The highest BCUT2D eigenvalue weighted by Gasteiger charge is 2.44. The van der Waals surface area contributed by atoms with E-state index in [0.29, 0.717) is 20.8 Å². The van der Waals surface area contributed by atoms with E-state index < -0.39 is 17.2 Å². The predicted octanol–water partition coefficient (Wildman–Crippen LogP) is 3.70. The summed E-state index contributed by atoms with van der Waals surface area (Å²) in [5.74, 6) is -1.82. The van der Waals surface area contributed by atoms with Gasteiger partial charge in [-0.15, -0.1) is 0 Å². The molecule has 0 aromatic heterocycles. The SMILES string of the molecule is CC1(C)C(C#N)=C(SCC(=O)Nc2ccc(Cl)c(Cl)c2)NC(=O)[C@@H]1C#N. The molecule has 0 radical (unpaired) electrons. The number of benzene rings is 1. The highest BCUT2D eigenvalue weighted by atomic mass is 35.5. The largest absolute Gasteiger partial charge is 0.325 e. The lowest BCUT2D eigenvalue weighted by Gasteiger charge is -2.34. The van der Waals surface area contributed by atoms with E-state index in [9.17, 15) is 20.1 Å². The Hall–Kier alpha value is -2.19. The number of nitriles is 2. The number of hydrogen-bond acceptors (Lipinski definition) is 5. The van der Waals surface area contributed by atoms with Crippen LogP contribution >= 0.6 is 35.0 Å². The van der Waals surface area contributed by atoms with Gasteiger partial charge in [0.05, 0.1) is 38.5 Å². The number of anilines is 1. The van der Waals surface area contributed by atoms with Crippen molar-refractivity contribution in [3.8, 4) is 12.1 Å². The van der Waals surface area contributed by atoms with Crippen molar-refractivity contribution in [1.29, 1.82) is 10.5 Å². The third-order valence-corrected chi connectivity index (χ3v) is 5.62. The summed E-state index contributed by atoms with van der Waals surface area (Å²) in [5.41, 5.74) is -0.179. The van der Waals surface area contributed by atoms with Crippen molar-refractivity contribution in [3.63, 3.8) is 0 Å². The summed E-state index contributed by atoms with van der Waals surface area (Å²) < 4.78 is 0. The lowest BCUT2D eigenvalue weighted by Crippen LogP contribution is -2.44. The Morgan fingerprint density at radius 2 is 2.04 bits per heavy atom. The fourth-order valence-corrected chi connectivity index (χ4v) is 3.71. The van der Waals surface area contributed by atoms with Gasteiger partial charge in [0, 0.05) is 11.1 Å². The molecule has 1 aromatic carbocycles.